The Labute approximate surface area is 89.4 Å². The summed E-state index contributed by atoms with van der Waals surface area (Å²) in [6.45, 7) is 0.0873. The van der Waals surface area contributed by atoms with Gasteiger partial charge in [0.15, 0.2) is 11.6 Å². The van der Waals surface area contributed by atoms with Gasteiger partial charge in [-0.15, -0.1) is 0 Å². The van der Waals surface area contributed by atoms with Crippen molar-refractivity contribution in [3.63, 3.8) is 0 Å². The van der Waals surface area contributed by atoms with E-state index in [1.54, 1.807) is 18.2 Å². The first kappa shape index (κ1) is 9.55. The lowest BCUT2D eigenvalue weighted by atomic mass is 10.1. The minimum Gasteiger partial charge on any atom is -0.329 e. The van der Waals surface area contributed by atoms with Gasteiger partial charge in [-0.3, -0.25) is 9.59 Å². The van der Waals surface area contributed by atoms with Gasteiger partial charge in [-0.25, -0.2) is 0 Å². The lowest BCUT2D eigenvalue weighted by molar-refractivity contribution is 0.0845. The Morgan fingerprint density at radius 3 is 2.50 bits per heavy atom. The van der Waals surface area contributed by atoms with E-state index in [-0.39, 0.29) is 18.1 Å². The minimum atomic E-state index is -0.667. The van der Waals surface area contributed by atoms with Crippen LogP contribution in [0.2, 0.25) is 0 Å². The van der Waals surface area contributed by atoms with Crippen LogP contribution in [-0.4, -0.2) is 18.1 Å². The van der Waals surface area contributed by atoms with Gasteiger partial charge in [-0.05, 0) is 18.2 Å². The number of benzene rings is 1. The van der Waals surface area contributed by atoms with E-state index < -0.39 is 5.92 Å². The molecule has 0 aliphatic heterocycles. The van der Waals surface area contributed by atoms with Crippen LogP contribution in [0.5, 0.6) is 0 Å². The normalized spacial score (nSPS) is 20.0. The van der Waals surface area contributed by atoms with Crippen molar-refractivity contribution >= 4 is 27.5 Å². The topological polar surface area (TPSA) is 60.2 Å². The van der Waals surface area contributed by atoms with Crippen LogP contribution in [0.4, 0.5) is 0 Å². The lowest BCUT2D eigenvalue weighted by Gasteiger charge is -1.99. The predicted molar refractivity (Wildman–Crippen MR) is 55.3 cm³/mol. The van der Waals surface area contributed by atoms with Gasteiger partial charge in [-0.2, -0.15) is 0 Å². The zero-order valence-corrected chi connectivity index (χ0v) is 8.87. The Hall–Kier alpha value is -1.00. The lowest BCUT2D eigenvalue weighted by Crippen LogP contribution is -2.24. The summed E-state index contributed by atoms with van der Waals surface area (Å²) < 4.78 is 0.801. The van der Waals surface area contributed by atoms with Crippen LogP contribution in [0.25, 0.3) is 0 Å². The molecule has 3 nitrogen and oxygen atoms in total. The van der Waals surface area contributed by atoms with Gasteiger partial charge in [0.2, 0.25) is 0 Å². The number of fused-ring (bicyclic) bond motifs is 1. The molecular formula is C10H8BrNO2. The quantitative estimate of drug-likeness (QED) is 0.770. The molecule has 1 unspecified atom stereocenters. The molecule has 2 rings (SSSR count). The minimum absolute atomic E-state index is 0.0873. The van der Waals surface area contributed by atoms with Crippen molar-refractivity contribution in [2.24, 2.45) is 11.7 Å². The highest BCUT2D eigenvalue weighted by Crippen LogP contribution is 2.28. The predicted octanol–water partition coefficient (Wildman–Crippen LogP) is 1.40. The zero-order valence-electron chi connectivity index (χ0n) is 7.29. The number of hydrogen-bond acceptors (Lipinski definition) is 3. The molecule has 0 saturated carbocycles. The maximum atomic E-state index is 11.7. The van der Waals surface area contributed by atoms with Crippen LogP contribution in [0.3, 0.4) is 0 Å². The zero-order chi connectivity index (χ0) is 10.3. The Balaban J connectivity index is 2.58. The standard InChI is InChI=1S/C10H8BrNO2/c11-5-1-2-6-7(3-5)10(14)8(4-12)9(6)13/h1-3,8H,4,12H2. The van der Waals surface area contributed by atoms with Gasteiger partial charge in [0, 0.05) is 22.1 Å². The van der Waals surface area contributed by atoms with Crippen LogP contribution in [0.15, 0.2) is 22.7 Å². The summed E-state index contributed by atoms with van der Waals surface area (Å²) in [4.78, 5) is 23.3. The van der Waals surface area contributed by atoms with Gasteiger partial charge in [-0.1, -0.05) is 15.9 Å². The van der Waals surface area contributed by atoms with Gasteiger partial charge in [0.05, 0.1) is 5.92 Å². The van der Waals surface area contributed by atoms with E-state index in [0.717, 1.165) is 4.47 Å². The Bertz CT molecular complexity index is 428. The van der Waals surface area contributed by atoms with Crippen molar-refractivity contribution in [3.05, 3.63) is 33.8 Å². The Morgan fingerprint density at radius 2 is 1.86 bits per heavy atom. The van der Waals surface area contributed by atoms with Gasteiger partial charge in [0.1, 0.15) is 0 Å². The van der Waals surface area contributed by atoms with Crippen molar-refractivity contribution in [2.45, 2.75) is 0 Å². The molecule has 1 aliphatic carbocycles. The molecule has 0 bridgehead atoms. The van der Waals surface area contributed by atoms with Crippen LogP contribution in [-0.2, 0) is 0 Å². The fourth-order valence-electron chi connectivity index (χ4n) is 1.64. The maximum Gasteiger partial charge on any atom is 0.175 e. The second kappa shape index (κ2) is 3.29. The number of hydrogen-bond donors (Lipinski definition) is 1. The van der Waals surface area contributed by atoms with E-state index in [4.69, 9.17) is 5.73 Å². The van der Waals surface area contributed by atoms with E-state index >= 15 is 0 Å². The molecule has 1 aromatic rings. The molecule has 0 spiro atoms. The summed E-state index contributed by atoms with van der Waals surface area (Å²) in [5.74, 6) is -0.979. The third-order valence-corrected chi connectivity index (χ3v) is 2.87. The van der Waals surface area contributed by atoms with Crippen molar-refractivity contribution in [1.29, 1.82) is 0 Å². The molecule has 0 radical (unpaired) electrons. The maximum absolute atomic E-state index is 11.7. The van der Waals surface area contributed by atoms with Crippen LogP contribution in [0, 0.1) is 5.92 Å². The monoisotopic (exact) mass is 253 g/mol. The SMILES string of the molecule is NCC1C(=O)c2ccc(Br)cc2C1=O. The van der Waals surface area contributed by atoms with Crippen molar-refractivity contribution in [1.82, 2.24) is 0 Å². The number of rotatable bonds is 1. The number of carbonyl (C=O) groups is 2. The summed E-state index contributed by atoms with van der Waals surface area (Å²) >= 11 is 3.26. The summed E-state index contributed by atoms with van der Waals surface area (Å²) in [5.41, 5.74) is 6.36. The summed E-state index contributed by atoms with van der Waals surface area (Å²) in [5, 5.41) is 0. The van der Waals surface area contributed by atoms with E-state index in [1.165, 1.54) is 0 Å². The van der Waals surface area contributed by atoms with Gasteiger partial charge < -0.3 is 5.73 Å². The van der Waals surface area contributed by atoms with Crippen LogP contribution < -0.4 is 5.73 Å². The third kappa shape index (κ3) is 1.22. The first-order valence-electron chi connectivity index (χ1n) is 4.23. The van der Waals surface area contributed by atoms with Crippen molar-refractivity contribution in [2.75, 3.05) is 6.54 Å². The molecule has 1 aliphatic rings. The average Bonchev–Trinajstić information content (AvgIpc) is 2.39. The van der Waals surface area contributed by atoms with E-state index in [1.807, 2.05) is 0 Å². The molecular weight excluding hydrogens is 246 g/mol. The summed E-state index contributed by atoms with van der Waals surface area (Å²) in [6.07, 6.45) is 0. The average molecular weight is 254 g/mol. The first-order chi connectivity index (χ1) is 6.65. The van der Waals surface area contributed by atoms with Gasteiger partial charge >= 0.3 is 0 Å². The third-order valence-electron chi connectivity index (χ3n) is 2.38. The number of halogens is 1. The molecule has 72 valence electrons. The summed E-state index contributed by atoms with van der Waals surface area (Å²) in [7, 11) is 0. The van der Waals surface area contributed by atoms with E-state index in [2.05, 4.69) is 15.9 Å². The molecule has 0 heterocycles. The Kier molecular flexibility index (Phi) is 2.25. The molecule has 14 heavy (non-hydrogen) atoms. The highest BCUT2D eigenvalue weighted by molar-refractivity contribution is 9.10. The molecule has 0 fully saturated rings. The molecule has 0 aromatic heterocycles. The second-order valence-electron chi connectivity index (χ2n) is 3.21. The smallest absolute Gasteiger partial charge is 0.175 e. The Morgan fingerprint density at radius 1 is 1.21 bits per heavy atom. The molecule has 2 N–H and O–H groups in total. The highest BCUT2D eigenvalue weighted by atomic mass is 79.9. The molecule has 1 aromatic carbocycles. The van der Waals surface area contributed by atoms with E-state index in [0.29, 0.717) is 11.1 Å². The van der Waals surface area contributed by atoms with Crippen LogP contribution >= 0.6 is 15.9 Å². The number of carbonyl (C=O) groups excluding carboxylic acids is 2. The fraction of sp³-hybridized carbons (Fsp3) is 0.200. The van der Waals surface area contributed by atoms with Crippen molar-refractivity contribution in [3.8, 4) is 0 Å². The largest absolute Gasteiger partial charge is 0.329 e. The van der Waals surface area contributed by atoms with Crippen molar-refractivity contribution < 1.29 is 9.59 Å². The number of ketones is 2. The highest BCUT2D eigenvalue weighted by Gasteiger charge is 2.37. The molecule has 0 saturated heterocycles. The fourth-order valence-corrected chi connectivity index (χ4v) is 2.00. The number of nitrogens with two attached hydrogens (primary N) is 1. The number of Topliss-reactive ketones (excluding diaryl/α,β-unsaturated/α-hetero) is 2. The summed E-state index contributed by atoms with van der Waals surface area (Å²) in [6, 6.07) is 5.09. The molecule has 4 heteroatoms. The van der Waals surface area contributed by atoms with E-state index in [9.17, 15) is 9.59 Å². The first-order valence-corrected chi connectivity index (χ1v) is 5.02. The van der Waals surface area contributed by atoms with Gasteiger partial charge in [0.25, 0.3) is 0 Å². The molecule has 1 atom stereocenters. The van der Waals surface area contributed by atoms with Crippen LogP contribution in [0.1, 0.15) is 20.7 Å². The second-order valence-corrected chi connectivity index (χ2v) is 4.12. The molecule has 0 amide bonds.